The van der Waals surface area contributed by atoms with Crippen LogP contribution in [0.25, 0.3) is 0 Å². The zero-order valence-corrected chi connectivity index (χ0v) is 10.7. The molecule has 0 saturated heterocycles. The van der Waals surface area contributed by atoms with Crippen molar-refractivity contribution in [1.82, 2.24) is 0 Å². The van der Waals surface area contributed by atoms with E-state index in [4.69, 9.17) is 19.9 Å². The molecular weight excluding hydrogens is 237 g/mol. The third-order valence-corrected chi connectivity index (χ3v) is 2.37. The van der Waals surface area contributed by atoms with E-state index in [1.165, 1.54) is 18.2 Å². The molecule has 1 aromatic carbocycles. The molecule has 1 rings (SSSR count). The summed E-state index contributed by atoms with van der Waals surface area (Å²) in [5.74, 6) is -0.307. The molecule has 0 atom stereocenters. The smallest absolute Gasteiger partial charge is 0.123 e. The van der Waals surface area contributed by atoms with Gasteiger partial charge in [-0.15, -0.1) is 0 Å². The van der Waals surface area contributed by atoms with Gasteiger partial charge in [0.15, 0.2) is 0 Å². The van der Waals surface area contributed by atoms with E-state index in [0.717, 1.165) is 6.42 Å². The van der Waals surface area contributed by atoms with Crippen LogP contribution in [0.4, 0.5) is 10.1 Å². The Morgan fingerprint density at radius 1 is 1.11 bits per heavy atom. The first-order chi connectivity index (χ1) is 8.74. The number of anilines is 1. The maximum Gasteiger partial charge on any atom is 0.123 e. The Hall–Kier alpha value is -1.17. The number of rotatable bonds is 9. The number of benzene rings is 1. The molecule has 5 heteroatoms. The van der Waals surface area contributed by atoms with Crippen LogP contribution >= 0.6 is 0 Å². The molecule has 0 aromatic heterocycles. The summed E-state index contributed by atoms with van der Waals surface area (Å²) in [6.45, 7) is 2.62. The number of nitrogens with two attached hydrogens (primary N) is 1. The molecule has 0 aliphatic heterocycles. The first-order valence-corrected chi connectivity index (χ1v) is 5.92. The maximum atomic E-state index is 12.9. The summed E-state index contributed by atoms with van der Waals surface area (Å²) in [4.78, 5) is 0. The summed E-state index contributed by atoms with van der Waals surface area (Å²) in [7, 11) is 1.66. The molecule has 102 valence electrons. The predicted octanol–water partition coefficient (Wildman–Crippen LogP) is 1.98. The van der Waals surface area contributed by atoms with Gasteiger partial charge in [-0.25, -0.2) is 4.39 Å². The molecule has 0 aliphatic carbocycles. The molecule has 2 N–H and O–H groups in total. The predicted molar refractivity (Wildman–Crippen MR) is 67.8 cm³/mol. The Balaban J connectivity index is 2.09. The van der Waals surface area contributed by atoms with Crippen molar-refractivity contribution in [3.05, 3.63) is 29.6 Å². The number of ether oxygens (including phenoxy) is 3. The molecule has 0 aliphatic rings. The number of nitrogen functional groups attached to an aromatic ring is 1. The van der Waals surface area contributed by atoms with Crippen LogP contribution in [-0.4, -0.2) is 33.5 Å². The minimum Gasteiger partial charge on any atom is -0.398 e. The van der Waals surface area contributed by atoms with E-state index >= 15 is 0 Å². The van der Waals surface area contributed by atoms with Crippen LogP contribution < -0.4 is 5.73 Å². The Morgan fingerprint density at radius 2 is 1.89 bits per heavy atom. The lowest BCUT2D eigenvalue weighted by atomic mass is 10.2. The normalized spacial score (nSPS) is 10.8. The zero-order chi connectivity index (χ0) is 13.2. The van der Waals surface area contributed by atoms with Crippen LogP contribution in [0.1, 0.15) is 12.0 Å². The van der Waals surface area contributed by atoms with Crippen molar-refractivity contribution in [1.29, 1.82) is 0 Å². The van der Waals surface area contributed by atoms with Gasteiger partial charge in [0, 0.05) is 31.6 Å². The van der Waals surface area contributed by atoms with Crippen molar-refractivity contribution in [2.24, 2.45) is 0 Å². The third-order valence-electron chi connectivity index (χ3n) is 2.37. The first kappa shape index (κ1) is 14.9. The summed E-state index contributed by atoms with van der Waals surface area (Å²) in [5, 5.41) is 0. The zero-order valence-electron chi connectivity index (χ0n) is 10.7. The van der Waals surface area contributed by atoms with Crippen LogP contribution in [0.2, 0.25) is 0 Å². The molecule has 0 heterocycles. The van der Waals surface area contributed by atoms with Crippen molar-refractivity contribution in [3.8, 4) is 0 Å². The Labute approximate surface area is 107 Å². The highest BCUT2D eigenvalue weighted by molar-refractivity contribution is 5.46. The standard InChI is InChI=1S/C13H20FNO3/c1-16-5-2-6-17-7-8-18-10-11-9-12(14)3-4-13(11)15/h3-4,9H,2,5-8,10,15H2,1H3. The number of hydrogen-bond acceptors (Lipinski definition) is 4. The van der Waals surface area contributed by atoms with Gasteiger partial charge >= 0.3 is 0 Å². The number of methoxy groups -OCH3 is 1. The summed E-state index contributed by atoms with van der Waals surface area (Å²) >= 11 is 0. The van der Waals surface area contributed by atoms with Gasteiger partial charge in [-0.3, -0.25) is 0 Å². The molecule has 0 bridgehead atoms. The molecule has 1 aromatic rings. The molecule has 0 saturated carbocycles. The molecule has 0 fully saturated rings. The van der Waals surface area contributed by atoms with Crippen molar-refractivity contribution in [2.75, 3.05) is 39.3 Å². The fourth-order valence-electron chi connectivity index (χ4n) is 1.41. The minimum absolute atomic E-state index is 0.297. The maximum absolute atomic E-state index is 12.9. The SMILES string of the molecule is COCCCOCCOCc1cc(F)ccc1N. The summed E-state index contributed by atoms with van der Waals surface area (Å²) in [6.07, 6.45) is 0.868. The first-order valence-electron chi connectivity index (χ1n) is 5.92. The van der Waals surface area contributed by atoms with Gasteiger partial charge in [0.05, 0.1) is 19.8 Å². The lowest BCUT2D eigenvalue weighted by Gasteiger charge is -2.08. The van der Waals surface area contributed by atoms with Gasteiger partial charge in [0.1, 0.15) is 5.82 Å². The monoisotopic (exact) mass is 257 g/mol. The molecule has 0 unspecified atom stereocenters. The fraction of sp³-hybridized carbons (Fsp3) is 0.538. The van der Waals surface area contributed by atoms with E-state index in [-0.39, 0.29) is 5.82 Å². The number of hydrogen-bond donors (Lipinski definition) is 1. The molecular formula is C13H20FNO3. The Bertz CT molecular complexity index is 347. The van der Waals surface area contributed by atoms with Crippen LogP contribution in [0.15, 0.2) is 18.2 Å². The fourth-order valence-corrected chi connectivity index (χ4v) is 1.41. The van der Waals surface area contributed by atoms with Crippen LogP contribution in [0, 0.1) is 5.82 Å². The molecule has 0 spiro atoms. The topological polar surface area (TPSA) is 53.7 Å². The van der Waals surface area contributed by atoms with E-state index in [0.29, 0.717) is 44.3 Å². The van der Waals surface area contributed by atoms with E-state index in [2.05, 4.69) is 0 Å². The molecule has 18 heavy (non-hydrogen) atoms. The van der Waals surface area contributed by atoms with Gasteiger partial charge < -0.3 is 19.9 Å². The van der Waals surface area contributed by atoms with Gasteiger partial charge in [0.2, 0.25) is 0 Å². The Kier molecular flexibility index (Phi) is 7.32. The third kappa shape index (κ3) is 5.95. The summed E-state index contributed by atoms with van der Waals surface area (Å²) in [6, 6.07) is 4.25. The van der Waals surface area contributed by atoms with Gasteiger partial charge in [0.25, 0.3) is 0 Å². The average Bonchev–Trinajstić information content (AvgIpc) is 2.36. The molecule has 0 radical (unpaired) electrons. The highest BCUT2D eigenvalue weighted by Crippen LogP contribution is 2.14. The van der Waals surface area contributed by atoms with Crippen molar-refractivity contribution in [3.63, 3.8) is 0 Å². The van der Waals surface area contributed by atoms with Crippen molar-refractivity contribution >= 4 is 5.69 Å². The van der Waals surface area contributed by atoms with Gasteiger partial charge in [-0.1, -0.05) is 0 Å². The van der Waals surface area contributed by atoms with E-state index in [9.17, 15) is 4.39 Å². The molecule has 4 nitrogen and oxygen atoms in total. The lowest BCUT2D eigenvalue weighted by Crippen LogP contribution is -2.07. The second-order valence-electron chi connectivity index (χ2n) is 3.85. The number of halogens is 1. The van der Waals surface area contributed by atoms with Crippen LogP contribution in [0.5, 0.6) is 0 Å². The van der Waals surface area contributed by atoms with E-state index < -0.39 is 0 Å². The lowest BCUT2D eigenvalue weighted by molar-refractivity contribution is 0.0338. The minimum atomic E-state index is -0.307. The quantitative estimate of drug-likeness (QED) is 0.543. The van der Waals surface area contributed by atoms with Crippen LogP contribution in [-0.2, 0) is 20.8 Å². The second kappa shape index (κ2) is 8.85. The highest BCUT2D eigenvalue weighted by Gasteiger charge is 2.01. The van der Waals surface area contributed by atoms with Crippen molar-refractivity contribution in [2.45, 2.75) is 13.0 Å². The summed E-state index contributed by atoms with van der Waals surface area (Å²) in [5.41, 5.74) is 6.89. The highest BCUT2D eigenvalue weighted by atomic mass is 19.1. The van der Waals surface area contributed by atoms with Crippen LogP contribution in [0.3, 0.4) is 0 Å². The Morgan fingerprint density at radius 3 is 2.67 bits per heavy atom. The van der Waals surface area contributed by atoms with E-state index in [1.807, 2.05) is 0 Å². The second-order valence-corrected chi connectivity index (χ2v) is 3.85. The average molecular weight is 257 g/mol. The van der Waals surface area contributed by atoms with Crippen molar-refractivity contribution < 1.29 is 18.6 Å². The van der Waals surface area contributed by atoms with Gasteiger partial charge in [-0.2, -0.15) is 0 Å². The largest absolute Gasteiger partial charge is 0.398 e. The van der Waals surface area contributed by atoms with E-state index in [1.54, 1.807) is 7.11 Å². The van der Waals surface area contributed by atoms with Gasteiger partial charge in [-0.05, 0) is 24.6 Å². The molecule has 0 amide bonds. The summed E-state index contributed by atoms with van der Waals surface area (Å²) < 4.78 is 28.5.